The van der Waals surface area contributed by atoms with Crippen molar-refractivity contribution in [3.8, 4) is 0 Å². The van der Waals surface area contributed by atoms with E-state index in [1.807, 2.05) is 49.4 Å². The summed E-state index contributed by atoms with van der Waals surface area (Å²) in [6.45, 7) is 1.92. The molecule has 0 saturated carbocycles. The van der Waals surface area contributed by atoms with Crippen LogP contribution in [0, 0.1) is 6.92 Å². The van der Waals surface area contributed by atoms with Crippen molar-refractivity contribution in [1.82, 2.24) is 0 Å². The number of nitrogens with zero attached hydrogens (tertiary/aromatic N) is 1. The summed E-state index contributed by atoms with van der Waals surface area (Å²) in [4.78, 5) is 5.65. The molecule has 0 radical (unpaired) electrons. The number of anilines is 1. The van der Waals surface area contributed by atoms with Crippen LogP contribution in [-0.4, -0.2) is 15.5 Å². The van der Waals surface area contributed by atoms with Crippen molar-refractivity contribution in [2.24, 2.45) is 0 Å². The average Bonchev–Trinajstić information content (AvgIpc) is 2.67. The molecular weight excluding hydrogens is 360 g/mol. The normalized spacial score (nSPS) is 11.6. The van der Waals surface area contributed by atoms with Gasteiger partial charge in [0.25, 0.3) is 15.5 Å². The maximum absolute atomic E-state index is 12.9. The second-order valence-corrected chi connectivity index (χ2v) is 8.03. The largest absolute Gasteiger partial charge is 0.289 e. The third-order valence-corrected chi connectivity index (χ3v) is 5.92. The van der Waals surface area contributed by atoms with E-state index in [1.54, 1.807) is 42.3 Å². The topological polar surface area (TPSA) is 59.3 Å². The molecule has 4 aromatic rings. The Balaban J connectivity index is 1.96. The van der Waals surface area contributed by atoms with E-state index in [-0.39, 0.29) is 4.90 Å². The number of benzene rings is 3. The molecule has 0 fully saturated rings. The quantitative estimate of drug-likeness (QED) is 0.436. The van der Waals surface area contributed by atoms with Crippen molar-refractivity contribution >= 4 is 37.4 Å². The van der Waals surface area contributed by atoms with Gasteiger partial charge in [-0.2, -0.15) is 0 Å². The Morgan fingerprint density at radius 3 is 2.37 bits per heavy atom. The molecule has 0 bridgehead atoms. The van der Waals surface area contributed by atoms with Crippen LogP contribution in [0.2, 0.25) is 0 Å². The van der Waals surface area contributed by atoms with Gasteiger partial charge in [0.2, 0.25) is 6.20 Å². The van der Waals surface area contributed by atoms with Crippen LogP contribution < -0.4 is 14.3 Å². The van der Waals surface area contributed by atoms with Gasteiger partial charge in [-0.3, -0.25) is 9.56 Å². The van der Waals surface area contributed by atoms with E-state index in [0.717, 1.165) is 21.7 Å². The van der Waals surface area contributed by atoms with E-state index in [4.69, 9.17) is 4.84 Å². The van der Waals surface area contributed by atoms with Crippen LogP contribution in [0.1, 0.15) is 5.56 Å². The molecule has 0 amide bonds. The van der Waals surface area contributed by atoms with E-state index < -0.39 is 10.0 Å². The second-order valence-electron chi connectivity index (χ2n) is 6.34. The molecule has 1 N–H and O–H groups in total. The van der Waals surface area contributed by atoms with E-state index in [2.05, 4.69) is 4.72 Å². The summed E-state index contributed by atoms with van der Waals surface area (Å²) >= 11 is 0. The van der Waals surface area contributed by atoms with Crippen molar-refractivity contribution in [2.45, 2.75) is 11.8 Å². The zero-order valence-corrected chi connectivity index (χ0v) is 15.8. The first-order chi connectivity index (χ1) is 13.0. The molecule has 0 aliphatic rings. The second kappa shape index (κ2) is 6.55. The summed E-state index contributed by atoms with van der Waals surface area (Å²) < 4.78 is 30.2. The molecule has 0 aliphatic carbocycles. The first-order valence-corrected chi connectivity index (χ1v) is 9.98. The number of nitrogens with one attached hydrogen (secondary N) is 1. The molecule has 0 saturated heterocycles. The number of aromatic nitrogens is 1. The maximum atomic E-state index is 12.9. The molecule has 3 aromatic carbocycles. The lowest BCUT2D eigenvalue weighted by Crippen LogP contribution is -2.41. The van der Waals surface area contributed by atoms with Gasteiger partial charge in [0, 0.05) is 10.8 Å². The fourth-order valence-corrected chi connectivity index (χ4v) is 4.27. The number of aryl methyl sites for hydroxylation is 1. The summed E-state index contributed by atoms with van der Waals surface area (Å²) in [6.07, 6.45) is 1.75. The monoisotopic (exact) mass is 379 g/mol. The molecule has 0 spiro atoms. The van der Waals surface area contributed by atoms with Crippen LogP contribution in [0.15, 0.2) is 77.8 Å². The van der Waals surface area contributed by atoms with Gasteiger partial charge >= 0.3 is 0 Å². The maximum Gasteiger partial charge on any atom is 0.289 e. The molecule has 6 heteroatoms. The van der Waals surface area contributed by atoms with Gasteiger partial charge in [-0.05, 0) is 42.0 Å². The molecule has 0 atom stereocenters. The molecule has 1 heterocycles. The Morgan fingerprint density at radius 1 is 0.926 bits per heavy atom. The first-order valence-electron chi connectivity index (χ1n) is 8.50. The van der Waals surface area contributed by atoms with Crippen molar-refractivity contribution in [1.29, 1.82) is 0 Å². The van der Waals surface area contributed by atoms with E-state index in [9.17, 15) is 8.42 Å². The first kappa shape index (κ1) is 17.3. The minimum atomic E-state index is -3.73. The standard InChI is InChI=1S/C21H19N2O3S/c1-15-9-11-17(12-10-15)27(24,25)22-20-14-16-6-3-4-7-18(16)19-8-5-13-23(26-2)21(19)20/h3-14,22H,1-2H3/q+1. The zero-order valence-electron chi connectivity index (χ0n) is 15.0. The van der Waals surface area contributed by atoms with Crippen LogP contribution in [0.3, 0.4) is 0 Å². The highest BCUT2D eigenvalue weighted by Crippen LogP contribution is 2.31. The predicted octanol–water partition coefficient (Wildman–Crippen LogP) is 3.45. The minimum absolute atomic E-state index is 0.217. The molecule has 0 unspecified atom stereocenters. The summed E-state index contributed by atoms with van der Waals surface area (Å²) in [5.41, 5.74) is 2.13. The Labute approximate surface area is 157 Å². The molecule has 4 rings (SSSR count). The third-order valence-electron chi connectivity index (χ3n) is 4.54. The number of hydrogen-bond acceptors (Lipinski definition) is 3. The molecule has 5 nitrogen and oxygen atoms in total. The van der Waals surface area contributed by atoms with Crippen molar-refractivity contribution < 1.29 is 18.0 Å². The lowest BCUT2D eigenvalue weighted by atomic mass is 10.0. The highest BCUT2D eigenvalue weighted by atomic mass is 32.2. The predicted molar refractivity (Wildman–Crippen MR) is 106 cm³/mol. The van der Waals surface area contributed by atoms with Gasteiger partial charge in [0.1, 0.15) is 12.8 Å². The van der Waals surface area contributed by atoms with Crippen molar-refractivity contribution in [3.63, 3.8) is 0 Å². The summed E-state index contributed by atoms with van der Waals surface area (Å²) in [5, 5.41) is 2.87. The Hall–Kier alpha value is -3.12. The molecule has 0 aliphatic heterocycles. The number of fused-ring (bicyclic) bond motifs is 3. The fraction of sp³-hybridized carbons (Fsp3) is 0.0952. The van der Waals surface area contributed by atoms with Crippen LogP contribution >= 0.6 is 0 Å². The molecule has 27 heavy (non-hydrogen) atoms. The van der Waals surface area contributed by atoms with E-state index in [1.165, 1.54) is 0 Å². The summed E-state index contributed by atoms with van der Waals surface area (Å²) in [5.74, 6) is 0. The van der Waals surface area contributed by atoms with Crippen molar-refractivity contribution in [3.05, 3.63) is 78.5 Å². The van der Waals surface area contributed by atoms with Crippen LogP contribution in [0.5, 0.6) is 0 Å². The Kier molecular flexibility index (Phi) is 4.20. The molecular formula is C21H19N2O3S+. The number of pyridine rings is 1. The van der Waals surface area contributed by atoms with E-state index in [0.29, 0.717) is 11.2 Å². The van der Waals surface area contributed by atoms with Crippen LogP contribution in [0.25, 0.3) is 21.7 Å². The van der Waals surface area contributed by atoms with E-state index >= 15 is 0 Å². The van der Waals surface area contributed by atoms with Gasteiger partial charge in [-0.15, -0.1) is 0 Å². The Bertz CT molecular complexity index is 1250. The molecule has 1 aromatic heterocycles. The summed E-state index contributed by atoms with van der Waals surface area (Å²) in [6, 6.07) is 20.3. The van der Waals surface area contributed by atoms with Crippen LogP contribution in [0.4, 0.5) is 5.69 Å². The van der Waals surface area contributed by atoms with Gasteiger partial charge in [-0.1, -0.05) is 42.0 Å². The van der Waals surface area contributed by atoms with Gasteiger partial charge < -0.3 is 0 Å². The zero-order chi connectivity index (χ0) is 19.0. The number of sulfonamides is 1. The fourth-order valence-electron chi connectivity index (χ4n) is 3.21. The highest BCUT2D eigenvalue weighted by Gasteiger charge is 2.22. The number of hydrogen-bond donors (Lipinski definition) is 1. The lowest BCUT2D eigenvalue weighted by Gasteiger charge is -2.11. The average molecular weight is 379 g/mol. The SMILES string of the molecule is CO[n+]1cccc2c3ccccc3cc(NS(=O)(=O)c3ccc(C)cc3)c21. The molecule has 136 valence electrons. The lowest BCUT2D eigenvalue weighted by molar-refractivity contribution is -0.864. The Morgan fingerprint density at radius 2 is 1.63 bits per heavy atom. The van der Waals surface area contributed by atoms with Gasteiger partial charge in [0.05, 0.1) is 10.3 Å². The van der Waals surface area contributed by atoms with Gasteiger partial charge in [-0.25, -0.2) is 8.42 Å². The summed E-state index contributed by atoms with van der Waals surface area (Å²) in [7, 11) is -2.19. The smallest absolute Gasteiger partial charge is 0.274 e. The van der Waals surface area contributed by atoms with Crippen molar-refractivity contribution in [2.75, 3.05) is 11.8 Å². The van der Waals surface area contributed by atoms with Gasteiger partial charge in [0.15, 0.2) is 0 Å². The van der Waals surface area contributed by atoms with Crippen LogP contribution in [-0.2, 0) is 10.0 Å². The highest BCUT2D eigenvalue weighted by molar-refractivity contribution is 7.92. The third kappa shape index (κ3) is 3.08. The minimum Gasteiger partial charge on any atom is -0.274 e. The number of rotatable bonds is 4.